The molecule has 4 rings (SSSR count). The van der Waals surface area contributed by atoms with Crippen molar-refractivity contribution < 1.29 is 9.53 Å². The zero-order chi connectivity index (χ0) is 19.7. The van der Waals surface area contributed by atoms with Crippen molar-refractivity contribution in [2.45, 2.75) is 31.4 Å². The number of nitrogens with zero attached hydrogens (tertiary/aromatic N) is 5. The van der Waals surface area contributed by atoms with Gasteiger partial charge in [-0.2, -0.15) is 0 Å². The zero-order valence-corrected chi connectivity index (χ0v) is 16.3. The number of amides is 1. The van der Waals surface area contributed by atoms with Crippen LogP contribution in [0.2, 0.25) is 0 Å². The molecule has 0 aromatic carbocycles. The van der Waals surface area contributed by atoms with Crippen LogP contribution in [0.15, 0.2) is 35.5 Å². The molecule has 0 saturated carbocycles. The summed E-state index contributed by atoms with van der Waals surface area (Å²) in [4.78, 5) is 36.9. The standard InChI is InChI=1S/C20H25N5O3/c1-23(2)19-21-13-15-5-12-28-20(18(15)22-19)6-10-25(11-7-20)17(27)14-24-8-3-16(26)4-9-24/h3-4,8-9,13H,5-7,10-12,14H2,1-2H3. The molecule has 2 aliphatic heterocycles. The molecule has 0 unspecified atom stereocenters. The Morgan fingerprint density at radius 3 is 2.64 bits per heavy atom. The average Bonchev–Trinajstić information content (AvgIpc) is 2.70. The molecule has 28 heavy (non-hydrogen) atoms. The van der Waals surface area contributed by atoms with Gasteiger partial charge in [0.1, 0.15) is 12.1 Å². The maximum absolute atomic E-state index is 12.7. The highest BCUT2D eigenvalue weighted by molar-refractivity contribution is 5.76. The van der Waals surface area contributed by atoms with Crippen LogP contribution < -0.4 is 10.3 Å². The smallest absolute Gasteiger partial charge is 0.242 e. The number of pyridine rings is 1. The quantitative estimate of drug-likeness (QED) is 0.780. The van der Waals surface area contributed by atoms with Crippen molar-refractivity contribution in [3.63, 3.8) is 0 Å². The van der Waals surface area contributed by atoms with Crippen molar-refractivity contribution in [3.8, 4) is 0 Å². The lowest BCUT2D eigenvalue weighted by Crippen LogP contribution is -2.49. The van der Waals surface area contributed by atoms with Crippen LogP contribution in [0.3, 0.4) is 0 Å². The number of hydrogen-bond donors (Lipinski definition) is 0. The lowest BCUT2D eigenvalue weighted by Gasteiger charge is -2.44. The number of carbonyl (C=O) groups excluding carboxylic acids is 1. The molecule has 2 aromatic rings. The maximum Gasteiger partial charge on any atom is 0.242 e. The van der Waals surface area contributed by atoms with E-state index < -0.39 is 5.60 Å². The van der Waals surface area contributed by atoms with Crippen LogP contribution in [-0.4, -0.2) is 59.1 Å². The van der Waals surface area contributed by atoms with E-state index in [4.69, 9.17) is 9.72 Å². The fraction of sp³-hybridized carbons (Fsp3) is 0.500. The maximum atomic E-state index is 12.7. The minimum absolute atomic E-state index is 0.0474. The first-order valence-electron chi connectivity index (χ1n) is 9.58. The topological polar surface area (TPSA) is 80.6 Å². The van der Waals surface area contributed by atoms with E-state index >= 15 is 0 Å². The molecule has 0 bridgehead atoms. The van der Waals surface area contributed by atoms with Gasteiger partial charge in [0.15, 0.2) is 5.43 Å². The Balaban J connectivity index is 1.48. The van der Waals surface area contributed by atoms with Gasteiger partial charge in [0.05, 0.1) is 12.3 Å². The average molecular weight is 383 g/mol. The predicted octanol–water partition coefficient (Wildman–Crippen LogP) is 0.795. The van der Waals surface area contributed by atoms with E-state index in [0.29, 0.717) is 25.6 Å². The third-order valence-electron chi connectivity index (χ3n) is 5.54. The first-order chi connectivity index (χ1) is 13.5. The normalized spacial score (nSPS) is 18.0. The number of aromatic nitrogens is 3. The third-order valence-corrected chi connectivity index (χ3v) is 5.54. The Morgan fingerprint density at radius 2 is 1.96 bits per heavy atom. The Hall–Kier alpha value is -2.74. The van der Waals surface area contributed by atoms with Crippen molar-refractivity contribution in [2.24, 2.45) is 0 Å². The number of piperidine rings is 1. The summed E-state index contributed by atoms with van der Waals surface area (Å²) >= 11 is 0. The molecule has 0 N–H and O–H groups in total. The Morgan fingerprint density at radius 1 is 1.25 bits per heavy atom. The lowest BCUT2D eigenvalue weighted by atomic mass is 9.83. The predicted molar refractivity (Wildman–Crippen MR) is 104 cm³/mol. The number of likely N-dealkylation sites (tertiary alicyclic amines) is 1. The summed E-state index contributed by atoms with van der Waals surface area (Å²) in [5, 5.41) is 0. The summed E-state index contributed by atoms with van der Waals surface area (Å²) in [5.41, 5.74) is 1.63. The highest BCUT2D eigenvalue weighted by atomic mass is 16.5. The van der Waals surface area contributed by atoms with Crippen LogP contribution >= 0.6 is 0 Å². The molecule has 0 aliphatic carbocycles. The van der Waals surface area contributed by atoms with Crippen LogP contribution in [-0.2, 0) is 28.1 Å². The number of ether oxygens (including phenoxy) is 1. The summed E-state index contributed by atoms with van der Waals surface area (Å²) in [6.45, 7) is 2.14. The molecule has 1 spiro atoms. The molecule has 0 atom stereocenters. The molecule has 8 heteroatoms. The number of carbonyl (C=O) groups is 1. The summed E-state index contributed by atoms with van der Waals surface area (Å²) in [6, 6.07) is 2.93. The van der Waals surface area contributed by atoms with Gasteiger partial charge in [0, 0.05) is 57.9 Å². The summed E-state index contributed by atoms with van der Waals surface area (Å²) in [7, 11) is 3.85. The van der Waals surface area contributed by atoms with Gasteiger partial charge in [0.2, 0.25) is 11.9 Å². The van der Waals surface area contributed by atoms with Crippen molar-refractivity contribution >= 4 is 11.9 Å². The molecule has 2 aromatic heterocycles. The summed E-state index contributed by atoms with van der Waals surface area (Å²) in [6.07, 6.45) is 7.47. The third kappa shape index (κ3) is 3.52. The van der Waals surface area contributed by atoms with Crippen LogP contribution in [0.25, 0.3) is 0 Å². The molecule has 2 aliphatic rings. The van der Waals surface area contributed by atoms with E-state index in [9.17, 15) is 9.59 Å². The van der Waals surface area contributed by atoms with Crippen molar-refractivity contribution in [3.05, 3.63) is 52.2 Å². The van der Waals surface area contributed by atoms with Crippen molar-refractivity contribution in [2.75, 3.05) is 38.7 Å². The molecule has 1 amide bonds. The molecule has 148 valence electrons. The highest BCUT2D eigenvalue weighted by Gasteiger charge is 2.43. The van der Waals surface area contributed by atoms with Gasteiger partial charge in [-0.15, -0.1) is 0 Å². The first-order valence-corrected chi connectivity index (χ1v) is 9.58. The number of fused-ring (bicyclic) bond motifs is 2. The minimum Gasteiger partial charge on any atom is -0.368 e. The molecule has 0 radical (unpaired) electrons. The van der Waals surface area contributed by atoms with Crippen molar-refractivity contribution in [1.82, 2.24) is 19.4 Å². The molecule has 1 saturated heterocycles. The summed E-state index contributed by atoms with van der Waals surface area (Å²) < 4.78 is 7.97. The van der Waals surface area contributed by atoms with Gasteiger partial charge < -0.3 is 19.1 Å². The fourth-order valence-electron chi connectivity index (χ4n) is 3.92. The highest BCUT2D eigenvalue weighted by Crippen LogP contribution is 2.40. The lowest BCUT2D eigenvalue weighted by molar-refractivity contribution is -0.141. The minimum atomic E-state index is -0.435. The fourth-order valence-corrected chi connectivity index (χ4v) is 3.92. The van der Waals surface area contributed by atoms with Gasteiger partial charge in [-0.1, -0.05) is 0 Å². The van der Waals surface area contributed by atoms with E-state index in [1.807, 2.05) is 30.1 Å². The van der Waals surface area contributed by atoms with E-state index in [-0.39, 0.29) is 17.9 Å². The van der Waals surface area contributed by atoms with Crippen LogP contribution in [0.1, 0.15) is 24.1 Å². The van der Waals surface area contributed by atoms with E-state index in [2.05, 4.69) is 4.98 Å². The van der Waals surface area contributed by atoms with Crippen LogP contribution in [0, 0.1) is 0 Å². The molecule has 8 nitrogen and oxygen atoms in total. The van der Waals surface area contributed by atoms with Crippen LogP contribution in [0.5, 0.6) is 0 Å². The van der Waals surface area contributed by atoms with Gasteiger partial charge in [-0.25, -0.2) is 9.97 Å². The van der Waals surface area contributed by atoms with Gasteiger partial charge in [-0.3, -0.25) is 9.59 Å². The van der Waals surface area contributed by atoms with Gasteiger partial charge >= 0.3 is 0 Å². The zero-order valence-electron chi connectivity index (χ0n) is 16.3. The second-order valence-electron chi connectivity index (χ2n) is 7.62. The molecular weight excluding hydrogens is 358 g/mol. The number of anilines is 1. The molecular formula is C20H25N5O3. The van der Waals surface area contributed by atoms with Gasteiger partial charge in [0.25, 0.3) is 0 Å². The largest absolute Gasteiger partial charge is 0.368 e. The Labute approximate surface area is 163 Å². The van der Waals surface area contributed by atoms with E-state index in [1.54, 1.807) is 17.0 Å². The molecule has 1 fully saturated rings. The first kappa shape index (κ1) is 18.6. The van der Waals surface area contributed by atoms with E-state index in [0.717, 1.165) is 30.5 Å². The van der Waals surface area contributed by atoms with Crippen LogP contribution in [0.4, 0.5) is 5.95 Å². The SMILES string of the molecule is CN(C)c1ncc2c(n1)C1(CCN(C(=O)Cn3ccc(=O)cc3)CC1)OCC2. The number of rotatable bonds is 3. The second kappa shape index (κ2) is 7.35. The monoisotopic (exact) mass is 383 g/mol. The van der Waals surface area contributed by atoms with Crippen molar-refractivity contribution in [1.29, 1.82) is 0 Å². The molecule has 4 heterocycles. The summed E-state index contributed by atoms with van der Waals surface area (Å²) in [5.74, 6) is 0.728. The Bertz CT molecular complexity index is 911. The number of hydrogen-bond acceptors (Lipinski definition) is 6. The second-order valence-corrected chi connectivity index (χ2v) is 7.62. The van der Waals surface area contributed by atoms with Gasteiger partial charge in [-0.05, 0) is 24.8 Å². The Kier molecular flexibility index (Phi) is 4.89. The van der Waals surface area contributed by atoms with E-state index in [1.165, 1.54) is 12.1 Å².